The highest BCUT2D eigenvalue weighted by atomic mass is 16.5. The number of nitrogen functional groups attached to an aromatic ring is 1. The van der Waals surface area contributed by atoms with Crippen molar-refractivity contribution in [1.82, 2.24) is 4.98 Å². The van der Waals surface area contributed by atoms with Crippen molar-refractivity contribution in [2.24, 2.45) is 0 Å². The number of carboxylic acid groups (broad SMARTS) is 1. The first-order valence-electron chi connectivity index (χ1n) is 6.84. The van der Waals surface area contributed by atoms with E-state index in [1.807, 2.05) is 24.4 Å². The van der Waals surface area contributed by atoms with Gasteiger partial charge in [-0.15, -0.1) is 0 Å². The molecule has 0 spiro atoms. The van der Waals surface area contributed by atoms with Crippen molar-refractivity contribution >= 4 is 22.6 Å². The van der Waals surface area contributed by atoms with Gasteiger partial charge in [-0.2, -0.15) is 0 Å². The van der Waals surface area contributed by atoms with Crippen molar-refractivity contribution in [2.75, 3.05) is 12.8 Å². The van der Waals surface area contributed by atoms with Crippen LogP contribution in [0.15, 0.2) is 42.6 Å². The molecule has 1 heterocycles. The highest BCUT2D eigenvalue weighted by molar-refractivity contribution is 5.89. The zero-order valence-electron chi connectivity index (χ0n) is 12.1. The highest BCUT2D eigenvalue weighted by Crippen LogP contribution is 2.27. The van der Waals surface area contributed by atoms with Crippen molar-refractivity contribution in [3.63, 3.8) is 0 Å². The maximum Gasteiger partial charge on any atom is 0.335 e. The van der Waals surface area contributed by atoms with Gasteiger partial charge < -0.3 is 20.6 Å². The number of rotatable bonds is 4. The summed E-state index contributed by atoms with van der Waals surface area (Å²) in [5.74, 6) is -0.400. The number of aromatic nitrogens is 1. The largest absolute Gasteiger partial charge is 0.496 e. The molecule has 3 rings (SSSR count). The van der Waals surface area contributed by atoms with E-state index in [1.165, 1.54) is 7.11 Å². The van der Waals surface area contributed by atoms with Gasteiger partial charge in [-0.3, -0.25) is 0 Å². The van der Waals surface area contributed by atoms with E-state index in [0.29, 0.717) is 17.9 Å². The number of benzene rings is 2. The first-order chi connectivity index (χ1) is 10.6. The summed E-state index contributed by atoms with van der Waals surface area (Å²) >= 11 is 0. The second-order valence-electron chi connectivity index (χ2n) is 5.13. The maximum atomic E-state index is 11.0. The van der Waals surface area contributed by atoms with E-state index in [1.54, 1.807) is 18.2 Å². The average Bonchev–Trinajstić information content (AvgIpc) is 2.89. The van der Waals surface area contributed by atoms with Crippen LogP contribution in [0.3, 0.4) is 0 Å². The lowest BCUT2D eigenvalue weighted by atomic mass is 10.0. The molecule has 0 unspecified atom stereocenters. The number of aromatic amines is 1. The number of methoxy groups -OCH3 is 1. The highest BCUT2D eigenvalue weighted by Gasteiger charge is 2.12. The molecule has 5 nitrogen and oxygen atoms in total. The molecule has 0 aliphatic heterocycles. The van der Waals surface area contributed by atoms with Crippen molar-refractivity contribution in [1.29, 1.82) is 0 Å². The van der Waals surface area contributed by atoms with Gasteiger partial charge in [0.2, 0.25) is 0 Å². The summed E-state index contributed by atoms with van der Waals surface area (Å²) in [6.45, 7) is 0. The molecular weight excluding hydrogens is 280 g/mol. The molecule has 2 aromatic carbocycles. The number of fused-ring (bicyclic) bond motifs is 1. The van der Waals surface area contributed by atoms with E-state index in [9.17, 15) is 4.79 Å². The van der Waals surface area contributed by atoms with Gasteiger partial charge in [-0.25, -0.2) is 4.79 Å². The van der Waals surface area contributed by atoms with Crippen LogP contribution in [0, 0.1) is 0 Å². The van der Waals surface area contributed by atoms with E-state index in [4.69, 9.17) is 15.6 Å². The fourth-order valence-corrected chi connectivity index (χ4v) is 2.57. The summed E-state index contributed by atoms with van der Waals surface area (Å²) in [6, 6.07) is 10.6. The molecule has 4 N–H and O–H groups in total. The first kappa shape index (κ1) is 14.0. The topological polar surface area (TPSA) is 88.3 Å². The molecule has 0 fully saturated rings. The molecule has 0 amide bonds. The molecular formula is C17H16N2O3. The number of carbonyl (C=O) groups is 1. The lowest BCUT2D eigenvalue weighted by Gasteiger charge is -2.09. The molecule has 0 bridgehead atoms. The third-order valence-corrected chi connectivity index (χ3v) is 3.71. The lowest BCUT2D eigenvalue weighted by Crippen LogP contribution is -2.00. The third kappa shape index (κ3) is 2.48. The third-order valence-electron chi connectivity index (χ3n) is 3.71. The summed E-state index contributed by atoms with van der Waals surface area (Å²) in [7, 11) is 1.54. The summed E-state index contributed by atoms with van der Waals surface area (Å²) in [6.07, 6.45) is 2.57. The van der Waals surface area contributed by atoms with E-state index >= 15 is 0 Å². The van der Waals surface area contributed by atoms with Crippen molar-refractivity contribution in [3.8, 4) is 5.75 Å². The van der Waals surface area contributed by atoms with Crippen molar-refractivity contribution in [2.45, 2.75) is 6.42 Å². The summed E-state index contributed by atoms with van der Waals surface area (Å²) in [5, 5.41) is 10.1. The van der Waals surface area contributed by atoms with Crippen LogP contribution in [0.1, 0.15) is 21.5 Å². The predicted molar refractivity (Wildman–Crippen MR) is 85.5 cm³/mol. The van der Waals surface area contributed by atoms with Gasteiger partial charge >= 0.3 is 5.97 Å². The summed E-state index contributed by atoms with van der Waals surface area (Å²) in [5.41, 5.74) is 9.80. The number of nitrogens with two attached hydrogens (primary N) is 1. The molecule has 0 atom stereocenters. The van der Waals surface area contributed by atoms with Crippen molar-refractivity contribution in [3.05, 3.63) is 59.3 Å². The van der Waals surface area contributed by atoms with Crippen LogP contribution in [-0.4, -0.2) is 23.2 Å². The molecule has 0 aliphatic carbocycles. The number of anilines is 1. The number of nitrogens with one attached hydrogen (secondary N) is 1. The van der Waals surface area contributed by atoms with Gasteiger partial charge in [0, 0.05) is 29.2 Å². The monoisotopic (exact) mass is 296 g/mol. The SMILES string of the molecule is COc1cc(C(=O)O)ccc1Cc1c[nH]c2ccc(N)cc12. The van der Waals surface area contributed by atoms with Gasteiger partial charge in [-0.05, 0) is 41.5 Å². The van der Waals surface area contributed by atoms with Gasteiger partial charge in [0.1, 0.15) is 5.75 Å². The Balaban J connectivity index is 2.01. The van der Waals surface area contributed by atoms with E-state index in [2.05, 4.69) is 4.98 Å². The van der Waals surface area contributed by atoms with Crippen LogP contribution < -0.4 is 10.5 Å². The summed E-state index contributed by atoms with van der Waals surface area (Å²) < 4.78 is 5.32. The first-order valence-corrected chi connectivity index (χ1v) is 6.84. The molecule has 0 aliphatic rings. The summed E-state index contributed by atoms with van der Waals surface area (Å²) in [4.78, 5) is 14.2. The van der Waals surface area contributed by atoms with Crippen molar-refractivity contribution < 1.29 is 14.6 Å². The second-order valence-corrected chi connectivity index (χ2v) is 5.13. The number of H-pyrrole nitrogens is 1. The van der Waals surface area contributed by atoms with Crippen LogP contribution in [0.2, 0.25) is 0 Å². The minimum atomic E-state index is -0.968. The second kappa shape index (κ2) is 5.44. The molecule has 22 heavy (non-hydrogen) atoms. The van der Waals surface area contributed by atoms with Gasteiger partial charge in [0.25, 0.3) is 0 Å². The number of hydrogen-bond donors (Lipinski definition) is 3. The van der Waals surface area contributed by atoms with Crippen LogP contribution in [0.25, 0.3) is 10.9 Å². The molecule has 0 saturated carbocycles. The van der Waals surface area contributed by atoms with Gasteiger partial charge in [0.05, 0.1) is 12.7 Å². The molecule has 0 saturated heterocycles. The van der Waals surface area contributed by atoms with E-state index in [-0.39, 0.29) is 5.56 Å². The molecule has 112 valence electrons. The quantitative estimate of drug-likeness (QED) is 0.646. The lowest BCUT2D eigenvalue weighted by molar-refractivity contribution is 0.0696. The smallest absolute Gasteiger partial charge is 0.335 e. The number of ether oxygens (including phenoxy) is 1. The Bertz CT molecular complexity index is 852. The number of aromatic carboxylic acids is 1. The van der Waals surface area contributed by atoms with E-state index in [0.717, 1.165) is 22.0 Å². The molecule has 5 heteroatoms. The normalized spacial score (nSPS) is 10.8. The zero-order valence-corrected chi connectivity index (χ0v) is 12.1. The standard InChI is InChI=1S/C17H16N2O3/c1-22-16-7-11(17(20)21)3-2-10(16)6-12-9-19-15-5-4-13(18)8-14(12)15/h2-5,7-9,19H,6,18H2,1H3,(H,20,21). The Labute approximate surface area is 127 Å². The molecule has 3 aromatic rings. The Hall–Kier alpha value is -2.95. The fraction of sp³-hybridized carbons (Fsp3) is 0.118. The average molecular weight is 296 g/mol. The van der Waals surface area contributed by atoms with Gasteiger partial charge in [0.15, 0.2) is 0 Å². The zero-order chi connectivity index (χ0) is 15.7. The molecule has 1 aromatic heterocycles. The Kier molecular flexibility index (Phi) is 3.47. The minimum absolute atomic E-state index is 0.212. The van der Waals surface area contributed by atoms with Crippen LogP contribution in [-0.2, 0) is 6.42 Å². The fourth-order valence-electron chi connectivity index (χ4n) is 2.57. The van der Waals surface area contributed by atoms with Gasteiger partial charge in [-0.1, -0.05) is 6.07 Å². The van der Waals surface area contributed by atoms with Crippen LogP contribution in [0.4, 0.5) is 5.69 Å². The van der Waals surface area contributed by atoms with Crippen LogP contribution in [0.5, 0.6) is 5.75 Å². The Morgan fingerprint density at radius 3 is 2.77 bits per heavy atom. The van der Waals surface area contributed by atoms with E-state index < -0.39 is 5.97 Å². The minimum Gasteiger partial charge on any atom is -0.496 e. The Morgan fingerprint density at radius 1 is 1.23 bits per heavy atom. The predicted octanol–water partition coefficient (Wildman–Crippen LogP) is 3.05. The number of carboxylic acids is 1. The number of hydrogen-bond acceptors (Lipinski definition) is 3. The molecule has 0 radical (unpaired) electrons. The van der Waals surface area contributed by atoms with Crippen LogP contribution >= 0.6 is 0 Å². The maximum absolute atomic E-state index is 11.0. The Morgan fingerprint density at radius 2 is 2.05 bits per heavy atom.